The van der Waals surface area contributed by atoms with Crippen molar-refractivity contribution in [3.05, 3.63) is 29.7 Å². The summed E-state index contributed by atoms with van der Waals surface area (Å²) in [6.45, 7) is 1.52. The number of carbonyl (C=O) groups is 2. The van der Waals surface area contributed by atoms with Crippen LogP contribution in [0, 0.1) is 6.92 Å². The lowest BCUT2D eigenvalue weighted by Crippen LogP contribution is -2.34. The molecule has 2 rings (SSSR count). The summed E-state index contributed by atoms with van der Waals surface area (Å²) < 4.78 is 41.6. The molecule has 0 fully saturated rings. The van der Waals surface area contributed by atoms with Crippen LogP contribution >= 0.6 is 11.8 Å². The second-order valence-corrected chi connectivity index (χ2v) is 5.99. The van der Waals surface area contributed by atoms with Crippen molar-refractivity contribution in [2.75, 3.05) is 12.3 Å². The van der Waals surface area contributed by atoms with Gasteiger partial charge >= 0.3 is 6.18 Å². The standard InChI is InChI=1S/C15H14F3N3O3S/c1-8-12(9(2)22)14(21-13(20-8)10-4-3-5-24-10)25-6-11(23)19-7-15(16,17)18/h3-5H,6-7H2,1-2H3,(H,19,23). The Kier molecular flexibility index (Phi) is 5.83. The van der Waals surface area contributed by atoms with Crippen LogP contribution in [0.4, 0.5) is 13.2 Å². The lowest BCUT2D eigenvalue weighted by atomic mass is 10.2. The van der Waals surface area contributed by atoms with E-state index in [4.69, 9.17) is 4.42 Å². The summed E-state index contributed by atoms with van der Waals surface area (Å²) in [5.74, 6) is -0.827. The Hall–Kier alpha value is -2.36. The van der Waals surface area contributed by atoms with Gasteiger partial charge in [0.2, 0.25) is 5.91 Å². The highest BCUT2D eigenvalue weighted by Crippen LogP contribution is 2.27. The van der Waals surface area contributed by atoms with Crippen molar-refractivity contribution in [1.82, 2.24) is 15.3 Å². The van der Waals surface area contributed by atoms with Crippen molar-refractivity contribution in [1.29, 1.82) is 0 Å². The maximum Gasteiger partial charge on any atom is 0.405 e. The van der Waals surface area contributed by atoms with Crippen molar-refractivity contribution in [3.8, 4) is 11.6 Å². The Bertz CT molecular complexity index is 776. The van der Waals surface area contributed by atoms with E-state index in [-0.39, 0.29) is 27.9 Å². The normalized spacial score (nSPS) is 11.4. The summed E-state index contributed by atoms with van der Waals surface area (Å²) in [6.07, 6.45) is -3.05. The number of nitrogens with one attached hydrogen (secondary N) is 1. The fourth-order valence-electron chi connectivity index (χ4n) is 1.96. The number of rotatable bonds is 6. The van der Waals surface area contributed by atoms with Crippen LogP contribution in [-0.4, -0.2) is 40.1 Å². The van der Waals surface area contributed by atoms with Crippen molar-refractivity contribution in [2.24, 2.45) is 0 Å². The molecule has 134 valence electrons. The number of aromatic nitrogens is 2. The highest BCUT2D eigenvalue weighted by molar-refractivity contribution is 8.00. The molecule has 0 spiro atoms. The van der Waals surface area contributed by atoms with Crippen LogP contribution in [-0.2, 0) is 4.79 Å². The molecule has 0 bridgehead atoms. The zero-order valence-electron chi connectivity index (χ0n) is 13.3. The van der Waals surface area contributed by atoms with Gasteiger partial charge in [0.15, 0.2) is 17.4 Å². The molecule has 2 aromatic rings. The number of amides is 1. The monoisotopic (exact) mass is 373 g/mol. The number of ketones is 1. The minimum absolute atomic E-state index is 0.216. The molecule has 10 heteroatoms. The first-order valence-electron chi connectivity index (χ1n) is 7.07. The quantitative estimate of drug-likeness (QED) is 0.476. The number of carbonyl (C=O) groups excluding carboxylic acids is 2. The third kappa shape index (κ3) is 5.31. The second-order valence-electron chi connectivity index (χ2n) is 5.03. The summed E-state index contributed by atoms with van der Waals surface area (Å²) >= 11 is 0.867. The molecule has 0 aliphatic carbocycles. The van der Waals surface area contributed by atoms with Gasteiger partial charge in [-0.1, -0.05) is 11.8 Å². The number of furan rings is 1. The topological polar surface area (TPSA) is 85.1 Å². The SMILES string of the molecule is CC(=O)c1c(C)nc(-c2ccco2)nc1SCC(=O)NCC(F)(F)F. The smallest absolute Gasteiger partial charge is 0.405 e. The lowest BCUT2D eigenvalue weighted by Gasteiger charge is -2.11. The van der Waals surface area contributed by atoms with Crippen LogP contribution in [0.25, 0.3) is 11.6 Å². The molecule has 6 nitrogen and oxygen atoms in total. The van der Waals surface area contributed by atoms with Gasteiger partial charge < -0.3 is 9.73 Å². The Labute approximate surface area is 145 Å². The van der Waals surface area contributed by atoms with Crippen molar-refractivity contribution in [3.63, 3.8) is 0 Å². The van der Waals surface area contributed by atoms with Gasteiger partial charge in [0, 0.05) is 0 Å². The van der Waals surface area contributed by atoms with E-state index in [1.807, 2.05) is 0 Å². The van der Waals surface area contributed by atoms with Crippen molar-refractivity contribution in [2.45, 2.75) is 25.0 Å². The average Bonchev–Trinajstić information content (AvgIpc) is 3.03. The van der Waals surface area contributed by atoms with Crippen LogP contribution < -0.4 is 5.32 Å². The third-order valence-electron chi connectivity index (χ3n) is 2.98. The molecule has 0 radical (unpaired) electrons. The predicted molar refractivity (Wildman–Crippen MR) is 84.3 cm³/mol. The van der Waals surface area contributed by atoms with Crippen LogP contribution in [0.3, 0.4) is 0 Å². The van der Waals surface area contributed by atoms with Gasteiger partial charge in [-0.05, 0) is 26.0 Å². The maximum atomic E-state index is 12.1. The molecule has 0 aliphatic heterocycles. The minimum Gasteiger partial charge on any atom is -0.461 e. The largest absolute Gasteiger partial charge is 0.461 e. The van der Waals surface area contributed by atoms with E-state index in [0.717, 1.165) is 11.8 Å². The number of hydrogen-bond acceptors (Lipinski definition) is 6. The molecule has 2 aromatic heterocycles. The molecular weight excluding hydrogens is 359 g/mol. The van der Waals surface area contributed by atoms with Crippen LogP contribution in [0.5, 0.6) is 0 Å². The summed E-state index contributed by atoms with van der Waals surface area (Å²) in [7, 11) is 0. The van der Waals surface area contributed by atoms with Crippen LogP contribution in [0.1, 0.15) is 23.0 Å². The van der Waals surface area contributed by atoms with E-state index in [1.165, 1.54) is 13.2 Å². The molecule has 0 aromatic carbocycles. The number of nitrogens with zero attached hydrogens (tertiary/aromatic N) is 2. The summed E-state index contributed by atoms with van der Waals surface area (Å²) in [4.78, 5) is 31.8. The fraction of sp³-hybridized carbons (Fsp3) is 0.333. The summed E-state index contributed by atoms with van der Waals surface area (Å²) in [5, 5.41) is 1.98. The van der Waals surface area contributed by atoms with Gasteiger partial charge in [-0.25, -0.2) is 9.97 Å². The number of alkyl halides is 3. The van der Waals surface area contributed by atoms with Gasteiger partial charge in [0.1, 0.15) is 11.6 Å². The van der Waals surface area contributed by atoms with Gasteiger partial charge in [-0.2, -0.15) is 13.2 Å². The first-order chi connectivity index (χ1) is 11.7. The van der Waals surface area contributed by atoms with E-state index < -0.39 is 18.6 Å². The number of Topliss-reactive ketones (excluding diaryl/α,β-unsaturated/α-hetero) is 1. The Morgan fingerprint density at radius 3 is 2.60 bits per heavy atom. The van der Waals surface area contributed by atoms with Gasteiger partial charge in [-0.3, -0.25) is 9.59 Å². The summed E-state index contributed by atoms with van der Waals surface area (Å²) in [6, 6.07) is 3.27. The molecule has 1 N–H and O–H groups in total. The van der Waals surface area contributed by atoms with Crippen LogP contribution in [0.15, 0.2) is 27.8 Å². The number of halogens is 3. The first kappa shape index (κ1) is 19.0. The van der Waals surface area contributed by atoms with Gasteiger partial charge in [-0.15, -0.1) is 0 Å². The Morgan fingerprint density at radius 1 is 1.32 bits per heavy atom. The van der Waals surface area contributed by atoms with Gasteiger partial charge in [0.25, 0.3) is 0 Å². The molecule has 1 amide bonds. The highest BCUT2D eigenvalue weighted by atomic mass is 32.2. The van der Waals surface area contributed by atoms with Crippen molar-refractivity contribution < 1.29 is 27.2 Å². The number of hydrogen-bond donors (Lipinski definition) is 1. The second kappa shape index (κ2) is 7.68. The Morgan fingerprint density at radius 2 is 2.04 bits per heavy atom. The molecule has 0 atom stereocenters. The molecule has 0 aliphatic rings. The molecule has 0 saturated heterocycles. The maximum absolute atomic E-state index is 12.1. The van der Waals surface area contributed by atoms with E-state index >= 15 is 0 Å². The average molecular weight is 373 g/mol. The highest BCUT2D eigenvalue weighted by Gasteiger charge is 2.28. The third-order valence-corrected chi connectivity index (χ3v) is 3.95. The van der Waals surface area contributed by atoms with Crippen LogP contribution in [0.2, 0.25) is 0 Å². The zero-order valence-corrected chi connectivity index (χ0v) is 14.1. The molecule has 0 unspecified atom stereocenters. The van der Waals surface area contributed by atoms with E-state index in [0.29, 0.717) is 11.5 Å². The number of aryl methyl sites for hydroxylation is 1. The molecule has 2 heterocycles. The van der Waals surface area contributed by atoms with E-state index in [1.54, 1.807) is 24.4 Å². The zero-order chi connectivity index (χ0) is 18.6. The molecule has 25 heavy (non-hydrogen) atoms. The number of thioether (sulfide) groups is 1. The fourth-order valence-corrected chi connectivity index (χ4v) is 2.91. The van der Waals surface area contributed by atoms with Crippen molar-refractivity contribution >= 4 is 23.5 Å². The van der Waals surface area contributed by atoms with Gasteiger partial charge in [0.05, 0.1) is 23.3 Å². The summed E-state index contributed by atoms with van der Waals surface area (Å²) in [5.41, 5.74) is 0.621. The first-order valence-corrected chi connectivity index (χ1v) is 8.05. The molecule has 0 saturated carbocycles. The Balaban J connectivity index is 2.20. The van der Waals surface area contributed by atoms with E-state index in [2.05, 4.69) is 9.97 Å². The lowest BCUT2D eigenvalue weighted by molar-refractivity contribution is -0.136. The minimum atomic E-state index is -4.48. The predicted octanol–water partition coefficient (Wildman–Crippen LogP) is 3.02. The van der Waals surface area contributed by atoms with E-state index in [9.17, 15) is 22.8 Å². The molecular formula is C15H14F3N3O3S.